The molecule has 0 N–H and O–H groups in total. The lowest BCUT2D eigenvalue weighted by molar-refractivity contribution is -0.116. The Morgan fingerprint density at radius 3 is 1.45 bits per heavy atom. The summed E-state index contributed by atoms with van der Waals surface area (Å²) in [6.45, 7) is 10.4. The summed E-state index contributed by atoms with van der Waals surface area (Å²) in [5.74, 6) is 1.62. The van der Waals surface area contributed by atoms with E-state index in [1.165, 1.54) is 0 Å². The SMILES string of the molecule is CCN(CCCN=C1CC(=O)C(=NCCCN(CC)Cc2ccccc2OC)CC1=O)Cc1ccccc1OC. The van der Waals surface area contributed by atoms with E-state index in [0.717, 1.165) is 74.7 Å². The summed E-state index contributed by atoms with van der Waals surface area (Å²) in [4.78, 5) is 39.0. The largest absolute Gasteiger partial charge is 0.496 e. The number of Topliss-reactive ketones (excluding diaryl/α,β-unsaturated/α-hetero) is 2. The lowest BCUT2D eigenvalue weighted by atomic mass is 9.93. The van der Waals surface area contributed by atoms with Gasteiger partial charge in [-0.25, -0.2) is 0 Å². The number of ether oxygens (including phenoxy) is 2. The van der Waals surface area contributed by atoms with Crippen LogP contribution in [-0.2, 0) is 22.7 Å². The zero-order valence-corrected chi connectivity index (χ0v) is 24.5. The van der Waals surface area contributed by atoms with Gasteiger partial charge in [0.1, 0.15) is 11.5 Å². The Morgan fingerprint density at radius 2 is 1.07 bits per heavy atom. The second-order valence-corrected chi connectivity index (χ2v) is 9.93. The quantitative estimate of drug-likeness (QED) is 0.284. The van der Waals surface area contributed by atoms with Crippen LogP contribution in [0.3, 0.4) is 0 Å². The molecule has 0 aliphatic heterocycles. The van der Waals surface area contributed by atoms with Crippen LogP contribution in [0.2, 0.25) is 0 Å². The molecule has 0 bridgehead atoms. The van der Waals surface area contributed by atoms with Crippen molar-refractivity contribution in [2.45, 2.75) is 52.6 Å². The van der Waals surface area contributed by atoms with Gasteiger partial charge in [0, 0.05) is 50.4 Å². The summed E-state index contributed by atoms with van der Waals surface area (Å²) < 4.78 is 10.9. The number of carbonyl (C=O) groups is 2. The monoisotopic (exact) mass is 548 g/mol. The smallest absolute Gasteiger partial charge is 0.183 e. The number of methoxy groups -OCH3 is 2. The molecule has 2 aromatic carbocycles. The number of para-hydroxylation sites is 2. The molecular formula is C32H44N4O4. The molecule has 0 atom stereocenters. The second-order valence-electron chi connectivity index (χ2n) is 9.93. The average molecular weight is 549 g/mol. The minimum Gasteiger partial charge on any atom is -0.496 e. The molecule has 0 spiro atoms. The fourth-order valence-corrected chi connectivity index (χ4v) is 4.86. The molecule has 1 saturated carbocycles. The van der Waals surface area contributed by atoms with E-state index < -0.39 is 0 Å². The molecule has 0 unspecified atom stereocenters. The van der Waals surface area contributed by atoms with E-state index in [9.17, 15) is 9.59 Å². The molecule has 0 heterocycles. The Hall–Kier alpha value is -3.36. The van der Waals surface area contributed by atoms with Gasteiger partial charge in [-0.1, -0.05) is 50.2 Å². The Kier molecular flexibility index (Phi) is 13.0. The summed E-state index contributed by atoms with van der Waals surface area (Å²) in [5.41, 5.74) is 3.09. The van der Waals surface area contributed by atoms with Gasteiger partial charge in [0.2, 0.25) is 0 Å². The number of hydrogen-bond donors (Lipinski definition) is 0. The summed E-state index contributed by atoms with van der Waals surface area (Å²) in [7, 11) is 3.38. The van der Waals surface area contributed by atoms with Crippen LogP contribution in [0.15, 0.2) is 58.5 Å². The number of nitrogens with zero attached hydrogens (tertiary/aromatic N) is 4. The molecule has 8 nitrogen and oxygen atoms in total. The molecule has 8 heteroatoms. The van der Waals surface area contributed by atoms with Gasteiger partial charge in [-0.15, -0.1) is 0 Å². The third-order valence-electron chi connectivity index (χ3n) is 7.24. The van der Waals surface area contributed by atoms with E-state index in [1.54, 1.807) is 14.2 Å². The van der Waals surface area contributed by atoms with Crippen molar-refractivity contribution < 1.29 is 19.1 Å². The van der Waals surface area contributed by atoms with E-state index in [2.05, 4.69) is 45.8 Å². The molecule has 0 saturated heterocycles. The average Bonchev–Trinajstić information content (AvgIpc) is 2.98. The van der Waals surface area contributed by atoms with Crippen molar-refractivity contribution in [3.05, 3.63) is 59.7 Å². The summed E-state index contributed by atoms with van der Waals surface area (Å²) in [5, 5.41) is 0. The molecule has 2 aromatic rings. The first-order chi connectivity index (χ1) is 19.5. The van der Waals surface area contributed by atoms with Crippen LogP contribution in [-0.4, -0.2) is 86.3 Å². The van der Waals surface area contributed by atoms with Gasteiger partial charge in [-0.05, 0) is 38.1 Å². The van der Waals surface area contributed by atoms with Crippen molar-refractivity contribution in [3.63, 3.8) is 0 Å². The molecular weight excluding hydrogens is 504 g/mol. The third-order valence-corrected chi connectivity index (χ3v) is 7.24. The number of aliphatic imine (C=N–C) groups is 2. The molecule has 0 radical (unpaired) electrons. The molecule has 216 valence electrons. The minimum absolute atomic E-state index is 0.0608. The lowest BCUT2D eigenvalue weighted by Crippen LogP contribution is -2.33. The first-order valence-electron chi connectivity index (χ1n) is 14.3. The van der Waals surface area contributed by atoms with Crippen LogP contribution in [0.5, 0.6) is 11.5 Å². The van der Waals surface area contributed by atoms with E-state index in [0.29, 0.717) is 24.5 Å². The predicted octanol–water partition coefficient (Wildman–Crippen LogP) is 4.64. The maximum absolute atomic E-state index is 12.7. The Morgan fingerprint density at radius 1 is 0.675 bits per heavy atom. The van der Waals surface area contributed by atoms with Gasteiger partial charge in [0.25, 0.3) is 0 Å². The molecule has 1 aliphatic rings. The highest BCUT2D eigenvalue weighted by Crippen LogP contribution is 2.20. The van der Waals surface area contributed by atoms with E-state index >= 15 is 0 Å². The Labute approximate surface area is 239 Å². The van der Waals surface area contributed by atoms with Crippen molar-refractivity contribution in [2.75, 3.05) is 53.5 Å². The summed E-state index contributed by atoms with van der Waals surface area (Å²) in [6.07, 6.45) is 1.76. The second kappa shape index (κ2) is 16.7. The van der Waals surface area contributed by atoms with Crippen LogP contribution >= 0.6 is 0 Å². The predicted molar refractivity (Wildman–Crippen MR) is 161 cm³/mol. The van der Waals surface area contributed by atoms with Crippen LogP contribution in [0.25, 0.3) is 0 Å². The Balaban J connectivity index is 1.42. The molecule has 3 rings (SSSR count). The van der Waals surface area contributed by atoms with Gasteiger partial charge in [0.05, 0.1) is 38.5 Å². The van der Waals surface area contributed by atoms with Crippen molar-refractivity contribution >= 4 is 23.0 Å². The van der Waals surface area contributed by atoms with Gasteiger partial charge in [-0.2, -0.15) is 0 Å². The van der Waals surface area contributed by atoms with Crippen LogP contribution in [0.4, 0.5) is 0 Å². The van der Waals surface area contributed by atoms with E-state index in [1.807, 2.05) is 36.4 Å². The fourth-order valence-electron chi connectivity index (χ4n) is 4.86. The van der Waals surface area contributed by atoms with E-state index in [4.69, 9.17) is 9.47 Å². The number of hydrogen-bond acceptors (Lipinski definition) is 8. The first kappa shape index (κ1) is 31.2. The third kappa shape index (κ3) is 9.38. The Bertz CT molecular complexity index is 1090. The minimum atomic E-state index is -0.0777. The van der Waals surface area contributed by atoms with Crippen molar-refractivity contribution in [1.29, 1.82) is 0 Å². The molecule has 0 amide bonds. The molecule has 1 aliphatic carbocycles. The summed E-state index contributed by atoms with van der Waals surface area (Å²) >= 11 is 0. The number of rotatable bonds is 16. The maximum atomic E-state index is 12.7. The van der Waals surface area contributed by atoms with Crippen molar-refractivity contribution in [2.24, 2.45) is 9.98 Å². The highest BCUT2D eigenvalue weighted by molar-refractivity contribution is 6.60. The summed E-state index contributed by atoms with van der Waals surface area (Å²) in [6, 6.07) is 16.1. The first-order valence-corrected chi connectivity index (χ1v) is 14.3. The van der Waals surface area contributed by atoms with Gasteiger partial charge in [-0.3, -0.25) is 29.4 Å². The highest BCUT2D eigenvalue weighted by atomic mass is 16.5. The topological polar surface area (TPSA) is 83.8 Å². The number of ketones is 2. The maximum Gasteiger partial charge on any atom is 0.183 e. The normalized spacial score (nSPS) is 15.9. The standard InChI is InChI=1S/C32H44N4O4/c1-5-35(23-25-13-7-9-15-31(25)39-3)19-11-17-33-27-21-30(38)28(22-29(27)37)34-18-12-20-36(6-2)24-26-14-8-10-16-32(26)40-4/h7-10,13-16H,5-6,11-12,17-24H2,1-4H3. The number of benzene rings is 2. The van der Waals surface area contributed by atoms with E-state index in [-0.39, 0.29) is 24.4 Å². The van der Waals surface area contributed by atoms with Gasteiger partial charge < -0.3 is 9.47 Å². The number of carbonyl (C=O) groups excluding carboxylic acids is 2. The molecule has 1 fully saturated rings. The van der Waals surface area contributed by atoms with Gasteiger partial charge >= 0.3 is 0 Å². The molecule has 0 aromatic heterocycles. The lowest BCUT2D eigenvalue weighted by Gasteiger charge is -2.21. The van der Waals surface area contributed by atoms with Crippen molar-refractivity contribution in [1.82, 2.24) is 9.80 Å². The van der Waals surface area contributed by atoms with Crippen LogP contribution in [0, 0.1) is 0 Å². The van der Waals surface area contributed by atoms with Gasteiger partial charge in [0.15, 0.2) is 11.6 Å². The molecule has 40 heavy (non-hydrogen) atoms. The highest BCUT2D eigenvalue weighted by Gasteiger charge is 2.28. The zero-order valence-electron chi connectivity index (χ0n) is 24.5. The zero-order chi connectivity index (χ0) is 28.7. The van der Waals surface area contributed by atoms with Crippen LogP contribution < -0.4 is 9.47 Å². The van der Waals surface area contributed by atoms with Crippen molar-refractivity contribution in [3.8, 4) is 11.5 Å². The van der Waals surface area contributed by atoms with Crippen LogP contribution in [0.1, 0.15) is 50.7 Å². The fraction of sp³-hybridized carbons (Fsp3) is 0.500.